The van der Waals surface area contributed by atoms with Gasteiger partial charge in [0.1, 0.15) is 22.8 Å². The number of hydrogen-bond donors (Lipinski definition) is 0. The van der Waals surface area contributed by atoms with E-state index in [-0.39, 0.29) is 41.2 Å². The Morgan fingerprint density at radius 1 is 1.11 bits per heavy atom. The lowest BCUT2D eigenvalue weighted by Crippen LogP contribution is -2.27. The molecule has 1 fully saturated rings. The van der Waals surface area contributed by atoms with Crippen LogP contribution in [0.25, 0.3) is 11.2 Å². The maximum absolute atomic E-state index is 14.6. The van der Waals surface area contributed by atoms with Gasteiger partial charge < -0.3 is 4.74 Å². The van der Waals surface area contributed by atoms with Gasteiger partial charge in [-0.1, -0.05) is 12.1 Å². The van der Waals surface area contributed by atoms with Crippen LogP contribution >= 0.6 is 0 Å². The molecule has 0 N–H and O–H groups in total. The highest BCUT2D eigenvalue weighted by Gasteiger charge is 2.32. The van der Waals surface area contributed by atoms with Crippen molar-refractivity contribution in [2.45, 2.75) is 58.1 Å². The van der Waals surface area contributed by atoms with Crippen molar-refractivity contribution < 1.29 is 17.9 Å². The van der Waals surface area contributed by atoms with Gasteiger partial charge in [0.2, 0.25) is 0 Å². The molecule has 2 atom stereocenters. The van der Waals surface area contributed by atoms with Crippen LogP contribution in [0.2, 0.25) is 0 Å². The molecule has 36 heavy (non-hydrogen) atoms. The van der Waals surface area contributed by atoms with Crippen LogP contribution in [-0.4, -0.2) is 26.1 Å². The van der Waals surface area contributed by atoms with Gasteiger partial charge in [-0.05, 0) is 80.3 Å². The SMILES string of the molecule is Cc1cnc2cc(C3CCC(c4c(C)cccc4F)C3)c(=O)n(Cc3ncccc3OC(F)F)c2n1. The van der Waals surface area contributed by atoms with Gasteiger partial charge in [-0.2, -0.15) is 8.78 Å². The monoisotopic (exact) mass is 494 g/mol. The number of pyridine rings is 2. The lowest BCUT2D eigenvalue weighted by molar-refractivity contribution is -0.0507. The van der Waals surface area contributed by atoms with E-state index in [4.69, 9.17) is 0 Å². The fourth-order valence-electron chi connectivity index (χ4n) is 5.26. The van der Waals surface area contributed by atoms with Crippen LogP contribution in [0, 0.1) is 19.7 Å². The molecule has 1 saturated carbocycles. The van der Waals surface area contributed by atoms with Gasteiger partial charge in [0.25, 0.3) is 5.56 Å². The molecule has 4 aromatic rings. The Bertz CT molecular complexity index is 1470. The molecule has 0 aliphatic heterocycles. The van der Waals surface area contributed by atoms with Crippen molar-refractivity contribution in [1.29, 1.82) is 0 Å². The Kier molecular flexibility index (Phi) is 6.47. The average Bonchev–Trinajstić information content (AvgIpc) is 3.31. The zero-order chi connectivity index (χ0) is 25.4. The van der Waals surface area contributed by atoms with Crippen molar-refractivity contribution in [3.63, 3.8) is 0 Å². The van der Waals surface area contributed by atoms with Crippen LogP contribution < -0.4 is 10.3 Å². The first kappa shape index (κ1) is 24.0. The average molecular weight is 495 g/mol. The molecular formula is C27H25F3N4O2. The minimum atomic E-state index is -3.02. The predicted octanol–water partition coefficient (Wildman–Crippen LogP) is 5.64. The van der Waals surface area contributed by atoms with Crippen molar-refractivity contribution >= 4 is 11.2 Å². The second-order valence-corrected chi connectivity index (χ2v) is 9.22. The van der Waals surface area contributed by atoms with E-state index in [1.54, 1.807) is 25.3 Å². The number of hydrogen-bond acceptors (Lipinski definition) is 5. The third-order valence-corrected chi connectivity index (χ3v) is 6.87. The van der Waals surface area contributed by atoms with Gasteiger partial charge in [-0.15, -0.1) is 0 Å². The molecule has 186 valence electrons. The number of ether oxygens (including phenoxy) is 1. The number of aromatic nitrogens is 4. The second kappa shape index (κ2) is 9.72. The summed E-state index contributed by atoms with van der Waals surface area (Å²) in [5, 5.41) is 0. The normalized spacial score (nSPS) is 17.7. The lowest BCUT2D eigenvalue weighted by atomic mass is 9.90. The highest BCUT2D eigenvalue weighted by atomic mass is 19.3. The molecule has 0 saturated heterocycles. The van der Waals surface area contributed by atoms with E-state index < -0.39 is 6.61 Å². The van der Waals surface area contributed by atoms with E-state index >= 15 is 0 Å². The fraction of sp³-hybridized carbons (Fsp3) is 0.333. The van der Waals surface area contributed by atoms with Crippen LogP contribution in [0.3, 0.4) is 0 Å². The molecule has 1 aliphatic rings. The molecule has 2 unspecified atom stereocenters. The van der Waals surface area contributed by atoms with Gasteiger partial charge >= 0.3 is 6.61 Å². The first-order valence-corrected chi connectivity index (χ1v) is 11.8. The quantitative estimate of drug-likeness (QED) is 0.347. The predicted molar refractivity (Wildman–Crippen MR) is 129 cm³/mol. The smallest absolute Gasteiger partial charge is 0.387 e. The van der Waals surface area contributed by atoms with E-state index in [9.17, 15) is 18.0 Å². The molecule has 0 amide bonds. The minimum absolute atomic E-state index is 0.00526. The van der Waals surface area contributed by atoms with Gasteiger partial charge in [0.15, 0.2) is 5.65 Å². The summed E-state index contributed by atoms with van der Waals surface area (Å²) in [6, 6.07) is 9.72. The lowest BCUT2D eigenvalue weighted by Gasteiger charge is -2.18. The van der Waals surface area contributed by atoms with E-state index in [2.05, 4.69) is 19.7 Å². The zero-order valence-corrected chi connectivity index (χ0v) is 19.9. The van der Waals surface area contributed by atoms with E-state index in [1.165, 1.54) is 29.0 Å². The standard InChI is InChI=1S/C27H25F3N4O2/c1-15-5-3-6-20(28)24(15)18-9-8-17(11-18)19-12-21-25(33-16(2)13-32-21)34(26(19)35)14-22-23(36-27(29)30)7-4-10-31-22/h3-7,10,12-13,17-18,27H,8-9,11,14H2,1-2H3. The highest BCUT2D eigenvalue weighted by Crippen LogP contribution is 2.44. The largest absolute Gasteiger partial charge is 0.433 e. The number of benzene rings is 1. The Balaban J connectivity index is 1.57. The Hall–Kier alpha value is -3.75. The first-order chi connectivity index (χ1) is 17.3. The number of alkyl halides is 2. The summed E-state index contributed by atoms with van der Waals surface area (Å²) in [5.41, 5.74) is 3.55. The maximum atomic E-state index is 14.6. The van der Waals surface area contributed by atoms with Crippen LogP contribution in [0.4, 0.5) is 13.2 Å². The van der Waals surface area contributed by atoms with Crippen LogP contribution in [-0.2, 0) is 6.54 Å². The van der Waals surface area contributed by atoms with Gasteiger partial charge in [-0.3, -0.25) is 19.3 Å². The summed E-state index contributed by atoms with van der Waals surface area (Å²) in [7, 11) is 0. The van der Waals surface area contributed by atoms with Crippen molar-refractivity contribution in [3.8, 4) is 5.75 Å². The van der Waals surface area contributed by atoms with E-state index in [1.807, 2.05) is 13.0 Å². The van der Waals surface area contributed by atoms with E-state index in [0.717, 1.165) is 18.4 Å². The number of aryl methyl sites for hydroxylation is 2. The van der Waals surface area contributed by atoms with Gasteiger partial charge in [-0.25, -0.2) is 9.37 Å². The first-order valence-electron chi connectivity index (χ1n) is 11.8. The third-order valence-electron chi connectivity index (χ3n) is 6.87. The third kappa shape index (κ3) is 4.57. The van der Waals surface area contributed by atoms with Crippen LogP contribution in [0.1, 0.15) is 59.2 Å². The Labute approximate surface area is 205 Å². The van der Waals surface area contributed by atoms with Crippen molar-refractivity contribution in [1.82, 2.24) is 19.5 Å². The molecule has 6 nitrogen and oxygen atoms in total. The summed E-state index contributed by atoms with van der Waals surface area (Å²) < 4.78 is 46.6. The summed E-state index contributed by atoms with van der Waals surface area (Å²) in [4.78, 5) is 27.0. The minimum Gasteiger partial charge on any atom is -0.433 e. The zero-order valence-electron chi connectivity index (χ0n) is 19.9. The van der Waals surface area contributed by atoms with Gasteiger partial charge in [0.05, 0.1) is 12.2 Å². The molecule has 5 rings (SSSR count). The number of nitrogens with zero attached hydrogens (tertiary/aromatic N) is 4. The summed E-state index contributed by atoms with van der Waals surface area (Å²) in [5.74, 6) is -0.416. The summed E-state index contributed by atoms with van der Waals surface area (Å²) in [6.07, 6.45) is 5.19. The maximum Gasteiger partial charge on any atom is 0.387 e. The second-order valence-electron chi connectivity index (χ2n) is 9.22. The fourth-order valence-corrected chi connectivity index (χ4v) is 5.26. The molecule has 9 heteroatoms. The number of fused-ring (bicyclic) bond motifs is 1. The van der Waals surface area contributed by atoms with Crippen molar-refractivity contribution in [2.24, 2.45) is 0 Å². The summed E-state index contributed by atoms with van der Waals surface area (Å²) in [6.45, 7) is 0.539. The molecule has 0 radical (unpaired) electrons. The molecule has 1 aromatic carbocycles. The molecular weight excluding hydrogens is 469 g/mol. The molecule has 3 heterocycles. The molecule has 0 bridgehead atoms. The van der Waals surface area contributed by atoms with Gasteiger partial charge in [0, 0.05) is 18.0 Å². The van der Waals surface area contributed by atoms with Crippen LogP contribution in [0.15, 0.2) is 53.6 Å². The Morgan fingerprint density at radius 3 is 2.69 bits per heavy atom. The molecule has 0 spiro atoms. The topological polar surface area (TPSA) is 69.9 Å². The molecule has 3 aromatic heterocycles. The van der Waals surface area contributed by atoms with E-state index in [0.29, 0.717) is 34.4 Å². The number of rotatable bonds is 6. The van der Waals surface area contributed by atoms with Crippen molar-refractivity contribution in [3.05, 3.63) is 93.0 Å². The summed E-state index contributed by atoms with van der Waals surface area (Å²) >= 11 is 0. The van der Waals surface area contributed by atoms with Crippen molar-refractivity contribution in [2.75, 3.05) is 0 Å². The number of halogens is 3. The highest BCUT2D eigenvalue weighted by molar-refractivity contribution is 5.71. The Morgan fingerprint density at radius 2 is 1.92 bits per heavy atom. The van der Waals surface area contributed by atoms with Crippen LogP contribution in [0.5, 0.6) is 5.75 Å². The molecule has 1 aliphatic carbocycles.